The van der Waals surface area contributed by atoms with Crippen molar-refractivity contribution in [1.29, 1.82) is 0 Å². The standard InChI is InChI=1S/C24H30ClN3O2S/c1-5-11-27(15-16-8-6-9-16)24-23(31-4)26-22-18(10-7-12-28(22)24)21-19(29-2)13-17(25)14-20(21)30-3/h7,10,12-14,16H,5-6,8-9,11,15H2,1-4H3. The number of nitrogens with zero attached hydrogens (tertiary/aromatic N) is 3. The summed E-state index contributed by atoms with van der Waals surface area (Å²) in [5.41, 5.74) is 2.73. The van der Waals surface area contributed by atoms with Gasteiger partial charge in [0.05, 0.1) is 19.8 Å². The van der Waals surface area contributed by atoms with Crippen LogP contribution in [0.25, 0.3) is 16.8 Å². The van der Waals surface area contributed by atoms with E-state index >= 15 is 0 Å². The topological polar surface area (TPSA) is 39.0 Å². The van der Waals surface area contributed by atoms with E-state index < -0.39 is 0 Å². The summed E-state index contributed by atoms with van der Waals surface area (Å²) in [6.45, 7) is 4.35. The average molecular weight is 460 g/mol. The van der Waals surface area contributed by atoms with Crippen molar-refractivity contribution in [3.8, 4) is 22.6 Å². The first-order valence-electron chi connectivity index (χ1n) is 10.8. The molecule has 0 atom stereocenters. The van der Waals surface area contributed by atoms with Crippen LogP contribution in [0.4, 0.5) is 5.82 Å². The van der Waals surface area contributed by atoms with Gasteiger partial charge in [0.2, 0.25) is 0 Å². The molecule has 0 saturated heterocycles. The normalized spacial score (nSPS) is 14.0. The third kappa shape index (κ3) is 4.20. The van der Waals surface area contributed by atoms with Gasteiger partial charge < -0.3 is 14.4 Å². The van der Waals surface area contributed by atoms with E-state index in [1.165, 1.54) is 25.1 Å². The van der Waals surface area contributed by atoms with Crippen LogP contribution in [0.1, 0.15) is 32.6 Å². The fraction of sp³-hybridized carbons (Fsp3) is 0.458. The highest BCUT2D eigenvalue weighted by atomic mass is 35.5. The molecule has 166 valence electrons. The number of thioether (sulfide) groups is 1. The Bertz CT molecular complexity index is 1040. The molecule has 3 aromatic rings. The summed E-state index contributed by atoms with van der Waals surface area (Å²) < 4.78 is 13.6. The van der Waals surface area contributed by atoms with Crippen LogP contribution in [-0.2, 0) is 0 Å². The summed E-state index contributed by atoms with van der Waals surface area (Å²) in [5.74, 6) is 3.32. The lowest BCUT2D eigenvalue weighted by Crippen LogP contribution is -2.34. The van der Waals surface area contributed by atoms with Crippen LogP contribution in [0.5, 0.6) is 11.5 Å². The minimum Gasteiger partial charge on any atom is -0.496 e. The zero-order valence-electron chi connectivity index (χ0n) is 18.7. The van der Waals surface area contributed by atoms with Gasteiger partial charge in [0.25, 0.3) is 0 Å². The van der Waals surface area contributed by atoms with E-state index in [4.69, 9.17) is 26.1 Å². The lowest BCUT2D eigenvalue weighted by Gasteiger charge is -2.33. The van der Waals surface area contributed by atoms with Gasteiger partial charge in [-0.3, -0.25) is 4.40 Å². The number of anilines is 1. The molecule has 2 aromatic heterocycles. The molecular formula is C24H30ClN3O2S. The Morgan fingerprint density at radius 2 is 1.94 bits per heavy atom. The van der Waals surface area contributed by atoms with Crippen molar-refractivity contribution in [2.75, 3.05) is 38.5 Å². The lowest BCUT2D eigenvalue weighted by atomic mass is 9.85. The minimum absolute atomic E-state index is 0.577. The summed E-state index contributed by atoms with van der Waals surface area (Å²) in [5, 5.41) is 1.62. The fourth-order valence-corrected chi connectivity index (χ4v) is 5.13. The third-order valence-electron chi connectivity index (χ3n) is 6.02. The number of hydrogen-bond acceptors (Lipinski definition) is 5. The van der Waals surface area contributed by atoms with E-state index in [1.54, 1.807) is 26.0 Å². The molecule has 4 rings (SSSR count). The maximum atomic E-state index is 6.29. The Morgan fingerprint density at radius 1 is 1.23 bits per heavy atom. The molecule has 0 spiro atoms. The predicted octanol–water partition coefficient (Wildman–Crippen LogP) is 6.41. The van der Waals surface area contributed by atoms with Crippen LogP contribution >= 0.6 is 23.4 Å². The van der Waals surface area contributed by atoms with Crippen molar-refractivity contribution in [3.63, 3.8) is 0 Å². The maximum absolute atomic E-state index is 6.29. The zero-order chi connectivity index (χ0) is 22.0. The first-order valence-corrected chi connectivity index (χ1v) is 12.4. The van der Waals surface area contributed by atoms with Gasteiger partial charge in [0, 0.05) is 29.9 Å². The molecule has 7 heteroatoms. The Kier molecular flexibility index (Phi) is 6.87. The van der Waals surface area contributed by atoms with Crippen LogP contribution in [0.15, 0.2) is 35.5 Å². The van der Waals surface area contributed by atoms with Crippen LogP contribution in [-0.4, -0.2) is 42.9 Å². The highest BCUT2D eigenvalue weighted by Gasteiger charge is 2.26. The number of fused-ring (bicyclic) bond motifs is 1. The monoisotopic (exact) mass is 459 g/mol. The van der Waals surface area contributed by atoms with E-state index in [-0.39, 0.29) is 0 Å². The van der Waals surface area contributed by atoms with Crippen molar-refractivity contribution >= 4 is 34.8 Å². The molecule has 31 heavy (non-hydrogen) atoms. The molecule has 0 unspecified atom stereocenters. The minimum atomic E-state index is 0.577. The number of ether oxygens (including phenoxy) is 2. The molecule has 1 aliphatic rings. The number of aromatic nitrogens is 2. The number of methoxy groups -OCH3 is 2. The van der Waals surface area contributed by atoms with Gasteiger partial charge in [-0.15, -0.1) is 11.8 Å². The van der Waals surface area contributed by atoms with Crippen LogP contribution in [0, 0.1) is 5.92 Å². The molecule has 2 heterocycles. The molecule has 1 aromatic carbocycles. The second kappa shape index (κ2) is 9.61. The number of imidazole rings is 1. The van der Waals surface area contributed by atoms with E-state index in [2.05, 4.69) is 40.8 Å². The zero-order valence-corrected chi connectivity index (χ0v) is 20.2. The molecule has 0 radical (unpaired) electrons. The molecule has 0 amide bonds. The third-order valence-corrected chi connectivity index (χ3v) is 6.90. The molecule has 1 saturated carbocycles. The molecular weight excluding hydrogens is 430 g/mol. The summed E-state index contributed by atoms with van der Waals surface area (Å²) >= 11 is 7.99. The molecule has 0 bridgehead atoms. The van der Waals surface area contributed by atoms with Gasteiger partial charge in [-0.2, -0.15) is 0 Å². The summed E-state index contributed by atoms with van der Waals surface area (Å²) in [6, 6.07) is 7.78. The van der Waals surface area contributed by atoms with Crippen LogP contribution < -0.4 is 14.4 Å². The van der Waals surface area contributed by atoms with Crippen molar-refractivity contribution in [2.45, 2.75) is 37.6 Å². The SMILES string of the molecule is CCCN(CC1CCC1)c1c(SC)nc2c(-c3c(OC)cc(Cl)cc3OC)cccn12. The van der Waals surface area contributed by atoms with E-state index in [0.717, 1.165) is 47.2 Å². The Balaban J connectivity index is 1.91. The second-order valence-electron chi connectivity index (χ2n) is 7.99. The molecule has 1 aliphatic carbocycles. The highest BCUT2D eigenvalue weighted by molar-refractivity contribution is 7.98. The predicted molar refractivity (Wildman–Crippen MR) is 130 cm³/mol. The quantitative estimate of drug-likeness (QED) is 0.345. The highest BCUT2D eigenvalue weighted by Crippen LogP contribution is 2.44. The first kappa shape index (κ1) is 22.2. The Morgan fingerprint density at radius 3 is 2.48 bits per heavy atom. The van der Waals surface area contributed by atoms with Gasteiger partial charge in [-0.25, -0.2) is 4.98 Å². The van der Waals surface area contributed by atoms with Crippen LogP contribution in [0.3, 0.4) is 0 Å². The van der Waals surface area contributed by atoms with Gasteiger partial charge in [-0.1, -0.05) is 24.9 Å². The Hall–Kier alpha value is -2.05. The smallest absolute Gasteiger partial charge is 0.147 e. The van der Waals surface area contributed by atoms with Crippen molar-refractivity contribution in [1.82, 2.24) is 9.38 Å². The number of pyridine rings is 1. The van der Waals surface area contributed by atoms with Crippen molar-refractivity contribution in [2.24, 2.45) is 5.92 Å². The second-order valence-corrected chi connectivity index (χ2v) is 9.22. The van der Waals surface area contributed by atoms with Gasteiger partial charge >= 0.3 is 0 Å². The molecule has 0 aliphatic heterocycles. The van der Waals surface area contributed by atoms with E-state index in [1.807, 2.05) is 12.1 Å². The van der Waals surface area contributed by atoms with Crippen molar-refractivity contribution < 1.29 is 9.47 Å². The van der Waals surface area contributed by atoms with Crippen LogP contribution in [0.2, 0.25) is 5.02 Å². The summed E-state index contributed by atoms with van der Waals surface area (Å²) in [7, 11) is 3.31. The van der Waals surface area contributed by atoms with Gasteiger partial charge in [0.15, 0.2) is 0 Å². The Labute approximate surface area is 193 Å². The van der Waals surface area contributed by atoms with E-state index in [0.29, 0.717) is 16.5 Å². The molecule has 5 nitrogen and oxygen atoms in total. The lowest BCUT2D eigenvalue weighted by molar-refractivity contribution is 0.316. The van der Waals surface area contributed by atoms with E-state index in [9.17, 15) is 0 Å². The maximum Gasteiger partial charge on any atom is 0.147 e. The number of hydrogen-bond donors (Lipinski definition) is 0. The fourth-order valence-electron chi connectivity index (χ4n) is 4.34. The largest absolute Gasteiger partial charge is 0.496 e. The summed E-state index contributed by atoms with van der Waals surface area (Å²) in [4.78, 5) is 7.60. The molecule has 1 fully saturated rings. The average Bonchev–Trinajstić information content (AvgIpc) is 3.13. The number of rotatable bonds is 9. The summed E-state index contributed by atoms with van der Waals surface area (Å²) in [6.07, 6.45) is 9.33. The number of benzene rings is 1. The molecule has 0 N–H and O–H groups in total. The number of halogens is 1. The van der Waals surface area contributed by atoms with Crippen molar-refractivity contribution in [3.05, 3.63) is 35.5 Å². The van der Waals surface area contributed by atoms with Gasteiger partial charge in [-0.05, 0) is 55.7 Å². The van der Waals surface area contributed by atoms with Gasteiger partial charge in [0.1, 0.15) is 28.0 Å². The first-order chi connectivity index (χ1) is 15.1.